The number of quaternary nitrogens is 1. The van der Waals surface area contributed by atoms with Crippen molar-refractivity contribution in [2.45, 2.75) is 19.9 Å². The van der Waals surface area contributed by atoms with Gasteiger partial charge >= 0.3 is 6.09 Å². The normalized spacial score (nSPS) is 16.3. The molecule has 18 heavy (non-hydrogen) atoms. The molecule has 1 amide bonds. The molecule has 0 spiro atoms. The molecular formula is C14H23N2O2+. The third kappa shape index (κ3) is 2.71. The third-order valence-corrected chi connectivity index (χ3v) is 3.75. The van der Waals surface area contributed by atoms with Crippen molar-refractivity contribution in [3.63, 3.8) is 0 Å². The summed E-state index contributed by atoms with van der Waals surface area (Å²) in [5, 5.41) is 9.39. The van der Waals surface area contributed by atoms with Gasteiger partial charge in [-0.2, -0.15) is 9.28 Å². The van der Waals surface area contributed by atoms with Gasteiger partial charge in [0, 0.05) is 12.1 Å². The fraction of sp³-hybridized carbons (Fsp3) is 0.500. The Balaban J connectivity index is 3.20. The van der Waals surface area contributed by atoms with Crippen LogP contribution < -0.4 is 4.48 Å². The Morgan fingerprint density at radius 2 is 2.06 bits per heavy atom. The van der Waals surface area contributed by atoms with Crippen LogP contribution in [-0.4, -0.2) is 43.8 Å². The molecular weight excluding hydrogens is 228 g/mol. The highest BCUT2D eigenvalue weighted by molar-refractivity contribution is 5.80. The van der Waals surface area contributed by atoms with E-state index in [9.17, 15) is 9.90 Å². The van der Waals surface area contributed by atoms with Crippen molar-refractivity contribution in [1.82, 2.24) is 9.38 Å². The Labute approximate surface area is 109 Å². The van der Waals surface area contributed by atoms with E-state index in [2.05, 4.69) is 11.8 Å². The summed E-state index contributed by atoms with van der Waals surface area (Å²) in [6, 6.07) is 8.10. The summed E-state index contributed by atoms with van der Waals surface area (Å²) in [5.41, 5.74) is 1.95. The molecule has 1 N–H and O–H groups in total. The molecule has 0 aliphatic rings. The van der Waals surface area contributed by atoms with Crippen LogP contribution in [0.25, 0.3) is 0 Å². The second-order valence-corrected chi connectivity index (χ2v) is 5.02. The van der Waals surface area contributed by atoms with Crippen molar-refractivity contribution < 1.29 is 9.90 Å². The highest BCUT2D eigenvalue weighted by Crippen LogP contribution is 2.26. The van der Waals surface area contributed by atoms with Crippen molar-refractivity contribution in [3.05, 3.63) is 29.8 Å². The van der Waals surface area contributed by atoms with Crippen LogP contribution in [0.2, 0.25) is 0 Å². The van der Waals surface area contributed by atoms with Crippen molar-refractivity contribution in [1.29, 1.82) is 0 Å². The van der Waals surface area contributed by atoms with E-state index in [1.54, 1.807) is 7.05 Å². The minimum atomic E-state index is -0.827. The Bertz CT molecular complexity index is 432. The van der Waals surface area contributed by atoms with E-state index in [4.69, 9.17) is 0 Å². The maximum absolute atomic E-state index is 11.4. The number of hydrogen-bond donors (Lipinski definition) is 1. The van der Waals surface area contributed by atoms with E-state index in [0.717, 1.165) is 11.3 Å². The summed E-state index contributed by atoms with van der Waals surface area (Å²) in [6.45, 7) is 4.52. The molecule has 0 heterocycles. The Hall–Kier alpha value is -1.39. The van der Waals surface area contributed by atoms with Crippen molar-refractivity contribution >= 4 is 11.8 Å². The largest absolute Gasteiger partial charge is 0.518 e. The van der Waals surface area contributed by atoms with Gasteiger partial charge in [-0.1, -0.05) is 12.1 Å². The number of hydrogen-bond acceptors (Lipinski definition) is 2. The van der Waals surface area contributed by atoms with E-state index in [-0.39, 0.29) is 10.5 Å². The van der Waals surface area contributed by atoms with Crippen LogP contribution in [0.5, 0.6) is 0 Å². The van der Waals surface area contributed by atoms with Crippen molar-refractivity contribution in [3.8, 4) is 0 Å². The van der Waals surface area contributed by atoms with Gasteiger partial charge in [0.25, 0.3) is 0 Å². The summed E-state index contributed by atoms with van der Waals surface area (Å²) >= 11 is 0. The lowest BCUT2D eigenvalue weighted by Gasteiger charge is -2.27. The second kappa shape index (κ2) is 5.50. The first-order valence-electron chi connectivity index (χ1n) is 6.19. The SMILES string of the molecule is CC[N@@+](C)(C(=O)O)c1cccc([C@H](C)N(C)C)c1. The van der Waals surface area contributed by atoms with Gasteiger partial charge in [-0.15, -0.1) is 0 Å². The second-order valence-electron chi connectivity index (χ2n) is 5.02. The van der Waals surface area contributed by atoms with Gasteiger partial charge in [-0.3, -0.25) is 0 Å². The van der Waals surface area contributed by atoms with Gasteiger partial charge in [-0.25, -0.2) is 0 Å². The van der Waals surface area contributed by atoms with Gasteiger partial charge < -0.3 is 10.0 Å². The summed E-state index contributed by atoms with van der Waals surface area (Å²) in [6.07, 6.45) is -0.827. The molecule has 2 atom stereocenters. The van der Waals surface area contributed by atoms with Crippen LogP contribution in [0.1, 0.15) is 25.5 Å². The predicted molar refractivity (Wildman–Crippen MR) is 74.8 cm³/mol. The first-order chi connectivity index (χ1) is 8.32. The lowest BCUT2D eigenvalue weighted by atomic mass is 10.1. The number of carbonyl (C=O) groups is 1. The molecule has 0 radical (unpaired) electrons. The maximum atomic E-state index is 11.4. The van der Waals surface area contributed by atoms with Gasteiger partial charge in [0.05, 0.1) is 13.6 Å². The Morgan fingerprint density at radius 3 is 2.50 bits per heavy atom. The van der Waals surface area contributed by atoms with Crippen molar-refractivity contribution in [2.75, 3.05) is 27.7 Å². The minimum absolute atomic E-state index is 0.0893. The van der Waals surface area contributed by atoms with Gasteiger partial charge in [0.15, 0.2) is 0 Å². The standard InChI is InChI=1S/C14H22N2O2/c1-6-16(5,14(17)18)13-9-7-8-12(10-13)11(2)15(3)4/h7-11H,6H2,1-5H3/p+1/t11-,16+/m0/s1. The summed E-state index contributed by atoms with van der Waals surface area (Å²) in [7, 11) is 5.76. The summed E-state index contributed by atoms with van der Waals surface area (Å²) in [5.74, 6) is 0. The smallest absolute Gasteiger partial charge is 0.435 e. The first-order valence-corrected chi connectivity index (χ1v) is 6.19. The molecule has 1 aromatic rings. The van der Waals surface area contributed by atoms with E-state index in [1.807, 2.05) is 45.3 Å². The molecule has 0 aromatic heterocycles. The van der Waals surface area contributed by atoms with Crippen LogP contribution in [-0.2, 0) is 0 Å². The summed E-state index contributed by atoms with van der Waals surface area (Å²) < 4.78 is -0.0893. The number of amides is 1. The van der Waals surface area contributed by atoms with Crippen LogP contribution >= 0.6 is 0 Å². The third-order valence-electron chi connectivity index (χ3n) is 3.75. The fourth-order valence-corrected chi connectivity index (χ4v) is 1.82. The zero-order valence-corrected chi connectivity index (χ0v) is 11.8. The minimum Gasteiger partial charge on any atom is -0.435 e. The highest BCUT2D eigenvalue weighted by Gasteiger charge is 2.32. The van der Waals surface area contributed by atoms with Gasteiger partial charge in [0.2, 0.25) is 0 Å². The molecule has 4 heteroatoms. The topological polar surface area (TPSA) is 40.5 Å². The lowest BCUT2D eigenvalue weighted by Crippen LogP contribution is -2.49. The molecule has 4 nitrogen and oxygen atoms in total. The maximum Gasteiger partial charge on any atom is 0.518 e. The number of carboxylic acid groups (broad SMARTS) is 1. The monoisotopic (exact) mass is 251 g/mol. The molecule has 0 saturated heterocycles. The van der Waals surface area contributed by atoms with Gasteiger partial charge in [-0.05, 0) is 39.6 Å². The summed E-state index contributed by atoms with van der Waals surface area (Å²) in [4.78, 5) is 13.5. The average molecular weight is 251 g/mol. The first kappa shape index (κ1) is 14.7. The Kier molecular flexibility index (Phi) is 4.48. The molecule has 0 aliphatic heterocycles. The average Bonchev–Trinajstić information content (AvgIpc) is 2.36. The lowest BCUT2D eigenvalue weighted by molar-refractivity contribution is 0.158. The molecule has 0 saturated carbocycles. The zero-order chi connectivity index (χ0) is 13.9. The molecule has 0 bridgehead atoms. The van der Waals surface area contributed by atoms with E-state index >= 15 is 0 Å². The van der Waals surface area contributed by atoms with Crippen LogP contribution in [0.3, 0.4) is 0 Å². The van der Waals surface area contributed by atoms with Gasteiger partial charge in [0.1, 0.15) is 5.69 Å². The van der Waals surface area contributed by atoms with E-state index in [0.29, 0.717) is 6.54 Å². The molecule has 0 fully saturated rings. The fourth-order valence-electron chi connectivity index (χ4n) is 1.82. The molecule has 100 valence electrons. The van der Waals surface area contributed by atoms with Crippen LogP contribution in [0.15, 0.2) is 24.3 Å². The van der Waals surface area contributed by atoms with Crippen molar-refractivity contribution in [2.24, 2.45) is 0 Å². The predicted octanol–water partition coefficient (Wildman–Crippen LogP) is 2.94. The molecule has 0 aliphatic carbocycles. The van der Waals surface area contributed by atoms with Crippen LogP contribution in [0, 0.1) is 0 Å². The molecule has 0 unspecified atom stereocenters. The quantitative estimate of drug-likeness (QED) is 0.836. The molecule has 1 aromatic carbocycles. The zero-order valence-electron chi connectivity index (χ0n) is 11.8. The number of rotatable bonds is 4. The van der Waals surface area contributed by atoms with Crippen LogP contribution in [0.4, 0.5) is 10.5 Å². The number of benzene rings is 1. The highest BCUT2D eigenvalue weighted by atomic mass is 16.4. The molecule has 1 rings (SSSR count). The Morgan fingerprint density at radius 1 is 1.44 bits per heavy atom. The number of nitrogens with zero attached hydrogens (tertiary/aromatic N) is 2. The van der Waals surface area contributed by atoms with E-state index in [1.165, 1.54) is 0 Å². The van der Waals surface area contributed by atoms with E-state index < -0.39 is 6.09 Å².